The Hall–Kier alpha value is -1.30. The molecule has 5 unspecified atom stereocenters. The maximum Gasteiger partial charge on any atom is 0.00889 e. The summed E-state index contributed by atoms with van der Waals surface area (Å²) in [6.45, 7) is 16.2. The topological polar surface area (TPSA) is 0 Å². The summed E-state index contributed by atoms with van der Waals surface area (Å²) in [5, 5.41) is 0. The molecule has 3 rings (SSSR count). The molecule has 0 aromatic rings. The van der Waals surface area contributed by atoms with Crippen LogP contribution in [0.25, 0.3) is 0 Å². The van der Waals surface area contributed by atoms with E-state index in [9.17, 15) is 0 Å². The fourth-order valence-electron chi connectivity index (χ4n) is 5.44. The first kappa shape index (κ1) is 18.5. The predicted octanol–water partition coefficient (Wildman–Crippen LogP) is 7.42. The molecule has 5 atom stereocenters. The zero-order chi connectivity index (χ0) is 18.1. The third-order valence-electron chi connectivity index (χ3n) is 6.92. The highest BCUT2D eigenvalue weighted by atomic mass is 14.4. The molecule has 25 heavy (non-hydrogen) atoms. The molecule has 0 heterocycles. The largest absolute Gasteiger partial charge is 0.0946 e. The van der Waals surface area contributed by atoms with E-state index in [1.165, 1.54) is 42.4 Å². The second-order valence-electron chi connectivity index (χ2n) is 8.73. The molecular formula is C25H36. The molecule has 0 aliphatic heterocycles. The minimum Gasteiger partial charge on any atom is -0.0946 e. The van der Waals surface area contributed by atoms with Gasteiger partial charge in [-0.3, -0.25) is 0 Å². The highest BCUT2D eigenvalue weighted by Crippen LogP contribution is 2.51. The first-order valence-electron chi connectivity index (χ1n) is 10.4. The van der Waals surface area contributed by atoms with Gasteiger partial charge in [0.05, 0.1) is 0 Å². The second-order valence-corrected chi connectivity index (χ2v) is 8.73. The van der Waals surface area contributed by atoms with Crippen LogP contribution in [0.5, 0.6) is 0 Å². The van der Waals surface area contributed by atoms with Crippen LogP contribution in [0.15, 0.2) is 58.7 Å². The number of rotatable bonds is 3. The van der Waals surface area contributed by atoms with E-state index in [4.69, 9.17) is 0 Å². The van der Waals surface area contributed by atoms with Crippen molar-refractivity contribution in [1.82, 2.24) is 0 Å². The molecule has 0 nitrogen and oxygen atoms in total. The van der Waals surface area contributed by atoms with Crippen LogP contribution in [0.4, 0.5) is 0 Å². The van der Waals surface area contributed by atoms with Gasteiger partial charge >= 0.3 is 0 Å². The van der Waals surface area contributed by atoms with E-state index in [0.717, 1.165) is 18.3 Å². The Labute approximate surface area is 155 Å². The standard InChI is InChI=1S/C25H36/c1-7-18(5)22(8-2)23-12-11-21-13-16(3)9-10-20-14-17(4)15-24(19(23)6)25(20)21/h8,12-13,15-16,18,20,24-25H,6-7,9-11,14H2,1-5H3. The zero-order valence-corrected chi connectivity index (χ0v) is 16.9. The minimum absolute atomic E-state index is 0.503. The van der Waals surface area contributed by atoms with Crippen LogP contribution in [0.2, 0.25) is 0 Å². The summed E-state index contributed by atoms with van der Waals surface area (Å²) in [5.74, 6) is 3.33. The fraction of sp³-hybridized carbons (Fsp3) is 0.600. The number of hydrogen-bond acceptors (Lipinski definition) is 0. The van der Waals surface area contributed by atoms with Gasteiger partial charge in [0.1, 0.15) is 0 Å². The molecule has 0 aromatic carbocycles. The van der Waals surface area contributed by atoms with E-state index in [2.05, 4.69) is 65.5 Å². The molecule has 3 aliphatic rings. The fourth-order valence-corrected chi connectivity index (χ4v) is 5.44. The molecule has 0 spiro atoms. The number of allylic oxidation sites excluding steroid dienone is 9. The lowest BCUT2D eigenvalue weighted by atomic mass is 9.66. The normalized spacial score (nSPS) is 34.2. The van der Waals surface area contributed by atoms with E-state index < -0.39 is 0 Å². The molecule has 0 bridgehead atoms. The van der Waals surface area contributed by atoms with E-state index in [-0.39, 0.29) is 0 Å². The molecule has 0 amide bonds. The molecule has 136 valence electrons. The molecule has 0 N–H and O–H groups in total. The highest BCUT2D eigenvalue weighted by Gasteiger charge is 2.39. The Bertz CT molecular complexity index is 652. The predicted molar refractivity (Wildman–Crippen MR) is 110 cm³/mol. The summed E-state index contributed by atoms with van der Waals surface area (Å²) >= 11 is 0. The third kappa shape index (κ3) is 3.50. The lowest BCUT2D eigenvalue weighted by Crippen LogP contribution is -2.28. The van der Waals surface area contributed by atoms with Crippen molar-refractivity contribution in [2.24, 2.45) is 29.6 Å². The summed E-state index contributed by atoms with van der Waals surface area (Å²) in [7, 11) is 0. The van der Waals surface area contributed by atoms with Crippen LogP contribution in [-0.2, 0) is 0 Å². The Kier molecular flexibility index (Phi) is 5.56. The molecular weight excluding hydrogens is 300 g/mol. The van der Waals surface area contributed by atoms with E-state index >= 15 is 0 Å². The van der Waals surface area contributed by atoms with Crippen molar-refractivity contribution in [3.63, 3.8) is 0 Å². The highest BCUT2D eigenvalue weighted by molar-refractivity contribution is 5.52. The molecule has 0 heteroatoms. The second kappa shape index (κ2) is 7.52. The van der Waals surface area contributed by atoms with Gasteiger partial charge in [0, 0.05) is 5.92 Å². The van der Waals surface area contributed by atoms with Crippen LogP contribution >= 0.6 is 0 Å². The van der Waals surface area contributed by atoms with Crippen molar-refractivity contribution >= 4 is 0 Å². The summed E-state index contributed by atoms with van der Waals surface area (Å²) in [5.41, 5.74) is 7.60. The van der Waals surface area contributed by atoms with Crippen molar-refractivity contribution < 1.29 is 0 Å². The molecule has 0 saturated heterocycles. The summed E-state index contributed by atoms with van der Waals surface area (Å²) < 4.78 is 0. The van der Waals surface area contributed by atoms with Crippen molar-refractivity contribution in [3.05, 3.63) is 58.7 Å². The maximum atomic E-state index is 4.66. The van der Waals surface area contributed by atoms with Crippen molar-refractivity contribution in [1.29, 1.82) is 0 Å². The van der Waals surface area contributed by atoms with Gasteiger partial charge in [-0.2, -0.15) is 0 Å². The van der Waals surface area contributed by atoms with E-state index in [1.807, 2.05) is 0 Å². The van der Waals surface area contributed by atoms with E-state index in [1.54, 1.807) is 11.1 Å². The van der Waals surface area contributed by atoms with Gasteiger partial charge in [0.15, 0.2) is 0 Å². The molecule has 0 saturated carbocycles. The van der Waals surface area contributed by atoms with Gasteiger partial charge in [-0.15, -0.1) is 0 Å². The first-order chi connectivity index (χ1) is 12.0. The molecule has 3 aliphatic carbocycles. The number of hydrogen-bond donors (Lipinski definition) is 0. The van der Waals surface area contributed by atoms with Crippen LogP contribution < -0.4 is 0 Å². The summed E-state index contributed by atoms with van der Waals surface area (Å²) in [4.78, 5) is 0. The SMILES string of the molecule is C=C1C(C(=CC)C(C)CC)=CCC2=CC(C)CCC3CC(C)=CC1C23. The lowest BCUT2D eigenvalue weighted by molar-refractivity contribution is 0.288. The first-order valence-corrected chi connectivity index (χ1v) is 10.4. The average Bonchev–Trinajstić information content (AvgIpc) is 2.82. The zero-order valence-electron chi connectivity index (χ0n) is 16.9. The minimum atomic E-state index is 0.503. The Morgan fingerprint density at radius 2 is 2.08 bits per heavy atom. The van der Waals surface area contributed by atoms with Crippen LogP contribution in [0, 0.1) is 29.6 Å². The van der Waals surface area contributed by atoms with E-state index in [0.29, 0.717) is 17.8 Å². The monoisotopic (exact) mass is 336 g/mol. The molecule has 0 aromatic heterocycles. The van der Waals surface area contributed by atoms with Crippen molar-refractivity contribution in [2.45, 2.75) is 66.7 Å². The smallest absolute Gasteiger partial charge is 0.00889 e. The maximum absolute atomic E-state index is 4.66. The van der Waals surface area contributed by atoms with Crippen LogP contribution in [0.3, 0.4) is 0 Å². The van der Waals surface area contributed by atoms with Gasteiger partial charge in [-0.25, -0.2) is 0 Å². The summed E-state index contributed by atoms with van der Waals surface area (Å²) in [6, 6.07) is 0. The van der Waals surface area contributed by atoms with Crippen molar-refractivity contribution in [3.8, 4) is 0 Å². The average molecular weight is 337 g/mol. The van der Waals surface area contributed by atoms with Gasteiger partial charge < -0.3 is 0 Å². The third-order valence-corrected chi connectivity index (χ3v) is 6.92. The molecule has 0 fully saturated rings. The lowest BCUT2D eigenvalue weighted by Gasteiger charge is -2.38. The molecule has 0 radical (unpaired) electrons. The van der Waals surface area contributed by atoms with Gasteiger partial charge in [-0.1, -0.05) is 62.8 Å². The van der Waals surface area contributed by atoms with Gasteiger partial charge in [0.25, 0.3) is 0 Å². The van der Waals surface area contributed by atoms with Gasteiger partial charge in [-0.05, 0) is 86.3 Å². The summed E-state index contributed by atoms with van der Waals surface area (Å²) in [6.07, 6.45) is 16.3. The Morgan fingerprint density at radius 1 is 1.32 bits per heavy atom. The van der Waals surface area contributed by atoms with Crippen molar-refractivity contribution in [2.75, 3.05) is 0 Å². The van der Waals surface area contributed by atoms with Crippen LogP contribution in [-0.4, -0.2) is 0 Å². The Morgan fingerprint density at radius 3 is 2.76 bits per heavy atom. The Balaban J connectivity index is 2.08. The quantitative estimate of drug-likeness (QED) is 0.470. The van der Waals surface area contributed by atoms with Crippen LogP contribution in [0.1, 0.15) is 66.7 Å². The van der Waals surface area contributed by atoms with Gasteiger partial charge in [0.2, 0.25) is 0 Å².